The number of rotatable bonds is 8. The molecule has 0 aromatic heterocycles. The molecule has 0 aliphatic rings. The lowest BCUT2D eigenvalue weighted by atomic mass is 10.2. The van der Waals surface area contributed by atoms with E-state index in [4.69, 9.17) is 14.6 Å². The Bertz CT molecular complexity index is 963. The smallest absolute Gasteiger partial charge is 0.419 e. The number of carbonyl (C=O) groups is 2. The van der Waals surface area contributed by atoms with Crippen LogP contribution in [0.4, 0.5) is 16.2 Å². The van der Waals surface area contributed by atoms with Crippen molar-refractivity contribution in [2.24, 2.45) is 0 Å². The third-order valence-electron chi connectivity index (χ3n) is 4.05. The average molecular weight is 403 g/mol. The van der Waals surface area contributed by atoms with Crippen LogP contribution < -0.4 is 9.64 Å². The van der Waals surface area contributed by atoms with Crippen molar-refractivity contribution in [3.05, 3.63) is 96.6 Å². The Morgan fingerprint density at radius 1 is 0.867 bits per heavy atom. The van der Waals surface area contributed by atoms with Crippen molar-refractivity contribution in [1.29, 1.82) is 0 Å². The minimum atomic E-state index is -1.04. The highest BCUT2D eigenvalue weighted by atomic mass is 16.6. The number of anilines is 2. The molecule has 0 aliphatic heterocycles. The second-order valence-electron chi connectivity index (χ2n) is 6.24. The van der Waals surface area contributed by atoms with E-state index < -0.39 is 18.7 Å². The number of aliphatic carboxylic acids is 1. The summed E-state index contributed by atoms with van der Waals surface area (Å²) in [6.07, 6.45) is 2.99. The van der Waals surface area contributed by atoms with Gasteiger partial charge in [-0.05, 0) is 48.0 Å². The molecule has 30 heavy (non-hydrogen) atoms. The Hall–Kier alpha value is -4.06. The fourth-order valence-corrected chi connectivity index (χ4v) is 2.74. The molecule has 1 amide bonds. The summed E-state index contributed by atoms with van der Waals surface area (Å²) < 4.78 is 10.6. The molecule has 0 saturated carbocycles. The van der Waals surface area contributed by atoms with Crippen LogP contribution in [0.25, 0.3) is 6.08 Å². The van der Waals surface area contributed by atoms with Gasteiger partial charge < -0.3 is 14.6 Å². The molecule has 0 saturated heterocycles. The van der Waals surface area contributed by atoms with Gasteiger partial charge in [-0.1, -0.05) is 54.6 Å². The van der Waals surface area contributed by atoms with E-state index in [0.717, 1.165) is 5.56 Å². The average Bonchev–Trinajstić information content (AvgIpc) is 2.77. The topological polar surface area (TPSA) is 76.1 Å². The zero-order valence-corrected chi connectivity index (χ0v) is 16.2. The number of nitrogens with zero attached hydrogens (tertiary/aromatic N) is 1. The van der Waals surface area contributed by atoms with Crippen LogP contribution in [0.1, 0.15) is 5.56 Å². The first-order chi connectivity index (χ1) is 14.6. The molecular formula is C24H21NO5. The van der Waals surface area contributed by atoms with E-state index in [-0.39, 0.29) is 6.61 Å². The van der Waals surface area contributed by atoms with E-state index in [1.54, 1.807) is 30.4 Å². The SMILES string of the molecule is O=C(O)COc1cccc(/C=C\COC(=O)N(c2ccccc2)c2ccccc2)c1. The summed E-state index contributed by atoms with van der Waals surface area (Å²) in [6.45, 7) is -0.325. The van der Waals surface area contributed by atoms with Gasteiger partial charge >= 0.3 is 12.1 Å². The Kier molecular flexibility index (Phi) is 7.22. The van der Waals surface area contributed by atoms with Gasteiger partial charge in [-0.2, -0.15) is 0 Å². The maximum Gasteiger partial charge on any atom is 0.419 e. The lowest BCUT2D eigenvalue weighted by Crippen LogP contribution is -2.26. The number of benzene rings is 3. The minimum absolute atomic E-state index is 0.0786. The Morgan fingerprint density at radius 2 is 1.50 bits per heavy atom. The number of para-hydroxylation sites is 2. The van der Waals surface area contributed by atoms with Crippen molar-refractivity contribution >= 4 is 29.5 Å². The number of hydrogen-bond acceptors (Lipinski definition) is 4. The monoisotopic (exact) mass is 403 g/mol. The molecule has 152 valence electrons. The Morgan fingerprint density at radius 3 is 2.10 bits per heavy atom. The lowest BCUT2D eigenvalue weighted by Gasteiger charge is -2.22. The van der Waals surface area contributed by atoms with E-state index in [9.17, 15) is 9.59 Å². The molecule has 6 heteroatoms. The summed E-state index contributed by atoms with van der Waals surface area (Å²) in [5.74, 6) is -0.583. The van der Waals surface area contributed by atoms with Gasteiger partial charge in [0, 0.05) is 0 Å². The fourth-order valence-electron chi connectivity index (χ4n) is 2.74. The second kappa shape index (κ2) is 10.5. The zero-order valence-electron chi connectivity index (χ0n) is 16.2. The van der Waals surface area contributed by atoms with Crippen molar-refractivity contribution < 1.29 is 24.2 Å². The van der Waals surface area contributed by atoms with Gasteiger partial charge in [-0.3, -0.25) is 0 Å². The summed E-state index contributed by atoms with van der Waals surface area (Å²) in [6, 6.07) is 25.6. The third-order valence-corrected chi connectivity index (χ3v) is 4.05. The quantitative estimate of drug-likeness (QED) is 0.564. The molecule has 0 bridgehead atoms. The first kappa shape index (κ1) is 20.7. The van der Waals surface area contributed by atoms with Crippen LogP contribution in [-0.4, -0.2) is 30.4 Å². The zero-order chi connectivity index (χ0) is 21.2. The molecule has 0 aliphatic carbocycles. The predicted octanol–water partition coefficient (Wildman–Crippen LogP) is 5.14. The van der Waals surface area contributed by atoms with Gasteiger partial charge in [-0.25, -0.2) is 14.5 Å². The number of carboxylic acid groups (broad SMARTS) is 1. The van der Waals surface area contributed by atoms with E-state index >= 15 is 0 Å². The van der Waals surface area contributed by atoms with E-state index in [1.165, 1.54) is 4.90 Å². The summed E-state index contributed by atoms with van der Waals surface area (Å²) in [4.78, 5) is 24.9. The third kappa shape index (κ3) is 5.97. The van der Waals surface area contributed by atoms with E-state index in [2.05, 4.69) is 0 Å². The van der Waals surface area contributed by atoms with Crippen molar-refractivity contribution in [1.82, 2.24) is 0 Å². The van der Waals surface area contributed by atoms with Crippen LogP contribution in [-0.2, 0) is 9.53 Å². The first-order valence-electron chi connectivity index (χ1n) is 9.31. The van der Waals surface area contributed by atoms with Gasteiger partial charge in [0.2, 0.25) is 0 Å². The lowest BCUT2D eigenvalue weighted by molar-refractivity contribution is -0.139. The molecule has 3 rings (SSSR count). The largest absolute Gasteiger partial charge is 0.482 e. The van der Waals surface area contributed by atoms with Crippen LogP contribution in [0.5, 0.6) is 5.75 Å². The van der Waals surface area contributed by atoms with Crippen LogP contribution in [0, 0.1) is 0 Å². The van der Waals surface area contributed by atoms with Crippen LogP contribution in [0.15, 0.2) is 91.0 Å². The number of carboxylic acids is 1. The highest BCUT2D eigenvalue weighted by molar-refractivity contribution is 5.95. The highest BCUT2D eigenvalue weighted by Gasteiger charge is 2.18. The molecule has 6 nitrogen and oxygen atoms in total. The maximum absolute atomic E-state index is 12.8. The van der Waals surface area contributed by atoms with Gasteiger partial charge in [0.05, 0.1) is 11.4 Å². The molecule has 0 unspecified atom stereocenters. The van der Waals surface area contributed by atoms with Gasteiger partial charge in [0.15, 0.2) is 6.61 Å². The molecule has 3 aromatic rings. The standard InChI is InChI=1S/C24H21NO5/c26-23(27)18-30-22-15-7-9-19(17-22)10-8-16-29-24(28)25(20-11-3-1-4-12-20)21-13-5-2-6-14-21/h1-15,17H,16,18H2,(H,26,27)/b10-8-. The van der Waals surface area contributed by atoms with Gasteiger partial charge in [0.25, 0.3) is 0 Å². The highest BCUT2D eigenvalue weighted by Crippen LogP contribution is 2.25. The summed E-state index contributed by atoms with van der Waals surface area (Å²) in [5.41, 5.74) is 2.22. The van der Waals surface area contributed by atoms with E-state index in [0.29, 0.717) is 17.1 Å². The number of ether oxygens (including phenoxy) is 2. The summed E-state index contributed by atoms with van der Waals surface area (Å²) >= 11 is 0. The van der Waals surface area contributed by atoms with Gasteiger partial charge in [0.1, 0.15) is 12.4 Å². The van der Waals surface area contributed by atoms with E-state index in [1.807, 2.05) is 66.7 Å². The molecule has 0 atom stereocenters. The Balaban J connectivity index is 1.63. The van der Waals surface area contributed by atoms with Crippen molar-refractivity contribution in [3.8, 4) is 5.75 Å². The van der Waals surface area contributed by atoms with Crippen LogP contribution in [0.3, 0.4) is 0 Å². The fraction of sp³-hybridized carbons (Fsp3) is 0.0833. The Labute approximate surface area is 174 Å². The minimum Gasteiger partial charge on any atom is -0.482 e. The molecular weight excluding hydrogens is 382 g/mol. The first-order valence-corrected chi connectivity index (χ1v) is 9.31. The normalized spacial score (nSPS) is 10.5. The summed E-state index contributed by atoms with van der Waals surface area (Å²) in [5, 5.41) is 8.69. The molecule has 0 heterocycles. The predicted molar refractivity (Wildman–Crippen MR) is 115 cm³/mol. The van der Waals surface area contributed by atoms with Crippen molar-refractivity contribution in [2.45, 2.75) is 0 Å². The van der Waals surface area contributed by atoms with Crippen molar-refractivity contribution in [3.63, 3.8) is 0 Å². The second-order valence-corrected chi connectivity index (χ2v) is 6.24. The molecule has 1 N–H and O–H groups in total. The summed E-state index contributed by atoms with van der Waals surface area (Å²) in [7, 11) is 0. The number of hydrogen-bond donors (Lipinski definition) is 1. The molecule has 3 aromatic carbocycles. The van der Waals surface area contributed by atoms with Crippen LogP contribution >= 0.6 is 0 Å². The van der Waals surface area contributed by atoms with Crippen LogP contribution in [0.2, 0.25) is 0 Å². The molecule has 0 fully saturated rings. The number of carbonyl (C=O) groups excluding carboxylic acids is 1. The number of amides is 1. The molecule has 0 radical (unpaired) electrons. The maximum atomic E-state index is 12.8. The molecule has 0 spiro atoms. The van der Waals surface area contributed by atoms with Gasteiger partial charge in [-0.15, -0.1) is 0 Å². The van der Waals surface area contributed by atoms with Crippen molar-refractivity contribution in [2.75, 3.05) is 18.1 Å².